The van der Waals surface area contributed by atoms with E-state index in [1.165, 1.54) is 6.42 Å². The lowest BCUT2D eigenvalue weighted by Crippen LogP contribution is -2.67. The summed E-state index contributed by atoms with van der Waals surface area (Å²) in [5.41, 5.74) is 5.34. The fraction of sp³-hybridized carbons (Fsp3) is 1.00. The number of hydrogen-bond donors (Lipinski definition) is 2. The van der Waals surface area contributed by atoms with Crippen molar-refractivity contribution in [3.05, 3.63) is 0 Å². The molecule has 0 saturated heterocycles. The standard InChI is InChI=1S/C8H15NO/c9-7(3-1-4-7)8(10)5-2-6-8/h10H,1-6,9H2. The SMILES string of the molecule is NC1(C2(O)CCC2)CCC1. The van der Waals surface area contributed by atoms with Gasteiger partial charge in [-0.3, -0.25) is 0 Å². The van der Waals surface area contributed by atoms with Gasteiger partial charge in [-0.15, -0.1) is 0 Å². The van der Waals surface area contributed by atoms with Crippen LogP contribution in [-0.4, -0.2) is 16.2 Å². The molecule has 0 aromatic heterocycles. The Morgan fingerprint density at radius 1 is 1.00 bits per heavy atom. The Bertz CT molecular complexity index is 129. The molecule has 2 heteroatoms. The smallest absolute Gasteiger partial charge is 0.0826 e. The zero-order valence-electron chi connectivity index (χ0n) is 6.27. The summed E-state index contributed by atoms with van der Waals surface area (Å²) in [7, 11) is 0. The monoisotopic (exact) mass is 141 g/mol. The Morgan fingerprint density at radius 2 is 1.50 bits per heavy atom. The molecule has 0 aliphatic heterocycles. The maximum absolute atomic E-state index is 9.86. The third-order valence-corrected chi connectivity index (χ3v) is 3.35. The molecule has 2 saturated carbocycles. The molecule has 2 aliphatic carbocycles. The van der Waals surface area contributed by atoms with Gasteiger partial charge in [-0.2, -0.15) is 0 Å². The first kappa shape index (κ1) is 6.62. The Balaban J connectivity index is 2.08. The summed E-state index contributed by atoms with van der Waals surface area (Å²) in [6.07, 6.45) is 6.30. The van der Waals surface area contributed by atoms with Crippen molar-refractivity contribution in [2.75, 3.05) is 0 Å². The molecule has 0 spiro atoms. The van der Waals surface area contributed by atoms with E-state index < -0.39 is 5.60 Å². The van der Waals surface area contributed by atoms with Crippen LogP contribution in [0.15, 0.2) is 0 Å². The Morgan fingerprint density at radius 3 is 1.60 bits per heavy atom. The average molecular weight is 141 g/mol. The lowest BCUT2D eigenvalue weighted by molar-refractivity contribution is -0.124. The Kier molecular flexibility index (Phi) is 1.15. The van der Waals surface area contributed by atoms with Crippen LogP contribution < -0.4 is 5.73 Å². The minimum Gasteiger partial charge on any atom is -0.388 e. The summed E-state index contributed by atoms with van der Waals surface area (Å²) >= 11 is 0. The predicted octanol–water partition coefficient (Wildman–Crippen LogP) is 0.783. The fourth-order valence-electron chi connectivity index (χ4n) is 2.03. The highest BCUT2D eigenvalue weighted by Gasteiger charge is 2.54. The van der Waals surface area contributed by atoms with Crippen LogP contribution >= 0.6 is 0 Å². The van der Waals surface area contributed by atoms with Gasteiger partial charge in [-0.1, -0.05) is 0 Å². The van der Waals surface area contributed by atoms with Crippen molar-refractivity contribution < 1.29 is 5.11 Å². The lowest BCUT2D eigenvalue weighted by Gasteiger charge is -2.55. The van der Waals surface area contributed by atoms with E-state index >= 15 is 0 Å². The van der Waals surface area contributed by atoms with E-state index in [9.17, 15) is 5.11 Å². The van der Waals surface area contributed by atoms with Crippen LogP contribution in [0.1, 0.15) is 38.5 Å². The quantitative estimate of drug-likeness (QED) is 0.567. The zero-order valence-corrected chi connectivity index (χ0v) is 6.27. The van der Waals surface area contributed by atoms with Gasteiger partial charge in [0.25, 0.3) is 0 Å². The number of rotatable bonds is 1. The molecule has 0 bridgehead atoms. The van der Waals surface area contributed by atoms with Crippen molar-refractivity contribution in [2.45, 2.75) is 49.7 Å². The maximum Gasteiger partial charge on any atom is 0.0826 e. The minimum absolute atomic E-state index is 0.189. The highest BCUT2D eigenvalue weighted by atomic mass is 16.3. The summed E-state index contributed by atoms with van der Waals surface area (Å²) in [4.78, 5) is 0. The molecule has 3 N–H and O–H groups in total. The summed E-state index contributed by atoms with van der Waals surface area (Å²) in [5.74, 6) is 0. The molecule has 0 aromatic rings. The van der Waals surface area contributed by atoms with Crippen LogP contribution in [0.3, 0.4) is 0 Å². The molecule has 2 nitrogen and oxygen atoms in total. The lowest BCUT2D eigenvalue weighted by atomic mass is 9.58. The van der Waals surface area contributed by atoms with Crippen LogP contribution in [-0.2, 0) is 0 Å². The molecule has 0 atom stereocenters. The van der Waals surface area contributed by atoms with Gasteiger partial charge in [-0.25, -0.2) is 0 Å². The molecule has 10 heavy (non-hydrogen) atoms. The second-order valence-electron chi connectivity index (χ2n) is 3.89. The van der Waals surface area contributed by atoms with Gasteiger partial charge in [0.15, 0.2) is 0 Å². The number of nitrogens with two attached hydrogens (primary N) is 1. The summed E-state index contributed by atoms with van der Waals surface area (Å²) in [6, 6.07) is 0. The van der Waals surface area contributed by atoms with Crippen LogP contribution in [0.4, 0.5) is 0 Å². The van der Waals surface area contributed by atoms with Crippen molar-refractivity contribution in [2.24, 2.45) is 5.73 Å². The van der Waals surface area contributed by atoms with Crippen molar-refractivity contribution in [3.63, 3.8) is 0 Å². The second kappa shape index (κ2) is 1.74. The van der Waals surface area contributed by atoms with Gasteiger partial charge in [0.1, 0.15) is 0 Å². The van der Waals surface area contributed by atoms with Crippen molar-refractivity contribution in [1.29, 1.82) is 0 Å². The first-order valence-corrected chi connectivity index (χ1v) is 4.18. The van der Waals surface area contributed by atoms with Gasteiger partial charge in [0.05, 0.1) is 5.60 Å². The van der Waals surface area contributed by atoms with E-state index in [1.54, 1.807) is 0 Å². The van der Waals surface area contributed by atoms with Gasteiger partial charge in [0.2, 0.25) is 0 Å². The average Bonchev–Trinajstić information content (AvgIpc) is 1.77. The summed E-state index contributed by atoms with van der Waals surface area (Å²) in [5, 5.41) is 9.86. The molecule has 0 unspecified atom stereocenters. The molecule has 0 aromatic carbocycles. The Labute approximate surface area is 61.4 Å². The first-order chi connectivity index (χ1) is 4.66. The number of hydrogen-bond acceptors (Lipinski definition) is 2. The molecule has 2 fully saturated rings. The van der Waals surface area contributed by atoms with Crippen molar-refractivity contribution in [1.82, 2.24) is 0 Å². The first-order valence-electron chi connectivity index (χ1n) is 4.18. The van der Waals surface area contributed by atoms with Gasteiger partial charge in [-0.05, 0) is 38.5 Å². The largest absolute Gasteiger partial charge is 0.388 e. The van der Waals surface area contributed by atoms with Crippen LogP contribution in [0.25, 0.3) is 0 Å². The van der Waals surface area contributed by atoms with E-state index in [2.05, 4.69) is 0 Å². The minimum atomic E-state index is -0.467. The number of aliphatic hydroxyl groups is 1. The zero-order chi connectivity index (χ0) is 7.24. The summed E-state index contributed by atoms with van der Waals surface area (Å²) in [6.45, 7) is 0. The third-order valence-electron chi connectivity index (χ3n) is 3.35. The van der Waals surface area contributed by atoms with E-state index in [1.807, 2.05) is 0 Å². The molecule has 58 valence electrons. The van der Waals surface area contributed by atoms with Crippen molar-refractivity contribution in [3.8, 4) is 0 Å². The van der Waals surface area contributed by atoms with Crippen LogP contribution in [0.2, 0.25) is 0 Å². The molecular weight excluding hydrogens is 126 g/mol. The van der Waals surface area contributed by atoms with E-state index in [0.717, 1.165) is 32.1 Å². The van der Waals surface area contributed by atoms with E-state index in [0.29, 0.717) is 0 Å². The molecular formula is C8H15NO. The summed E-state index contributed by atoms with van der Waals surface area (Å²) < 4.78 is 0. The van der Waals surface area contributed by atoms with Gasteiger partial charge >= 0.3 is 0 Å². The maximum atomic E-state index is 9.86. The van der Waals surface area contributed by atoms with Crippen LogP contribution in [0, 0.1) is 0 Å². The topological polar surface area (TPSA) is 46.2 Å². The van der Waals surface area contributed by atoms with E-state index in [4.69, 9.17) is 5.73 Å². The molecule has 0 radical (unpaired) electrons. The highest BCUT2D eigenvalue weighted by Crippen LogP contribution is 2.48. The van der Waals surface area contributed by atoms with Crippen LogP contribution in [0.5, 0.6) is 0 Å². The van der Waals surface area contributed by atoms with Gasteiger partial charge in [0, 0.05) is 5.54 Å². The Hall–Kier alpha value is -0.0800. The van der Waals surface area contributed by atoms with Crippen molar-refractivity contribution >= 4 is 0 Å². The molecule has 2 rings (SSSR count). The third kappa shape index (κ3) is 0.611. The normalized spacial score (nSPS) is 34.2. The molecule has 0 amide bonds. The predicted molar refractivity (Wildman–Crippen MR) is 39.6 cm³/mol. The molecule has 2 aliphatic rings. The van der Waals surface area contributed by atoms with Gasteiger partial charge < -0.3 is 10.8 Å². The molecule has 0 heterocycles. The second-order valence-corrected chi connectivity index (χ2v) is 3.89. The fourth-order valence-corrected chi connectivity index (χ4v) is 2.03. The van der Waals surface area contributed by atoms with E-state index in [-0.39, 0.29) is 5.54 Å². The highest BCUT2D eigenvalue weighted by molar-refractivity contribution is 5.12.